The van der Waals surface area contributed by atoms with Crippen molar-refractivity contribution in [1.82, 2.24) is 9.78 Å². The van der Waals surface area contributed by atoms with Gasteiger partial charge in [-0.3, -0.25) is 4.68 Å². The molecule has 0 fully saturated rings. The molecule has 0 saturated heterocycles. The number of hydrogen-bond acceptors (Lipinski definition) is 2. The number of aromatic nitrogens is 2. The Bertz CT molecular complexity index is 909. The molecule has 1 heterocycles. The molecule has 1 aromatic heterocycles. The van der Waals surface area contributed by atoms with Crippen LogP contribution >= 0.6 is 0 Å². The zero-order valence-corrected chi connectivity index (χ0v) is 18.1. The van der Waals surface area contributed by atoms with E-state index in [0.717, 1.165) is 37.1 Å². The van der Waals surface area contributed by atoms with Gasteiger partial charge in [-0.15, -0.1) is 0 Å². The van der Waals surface area contributed by atoms with Gasteiger partial charge in [0.25, 0.3) is 0 Å². The van der Waals surface area contributed by atoms with Crippen LogP contribution in [0.2, 0.25) is 0 Å². The third-order valence-corrected chi connectivity index (χ3v) is 5.59. The summed E-state index contributed by atoms with van der Waals surface area (Å²) < 4.78 is 2.23. The van der Waals surface area contributed by atoms with Gasteiger partial charge in [0.1, 0.15) is 5.75 Å². The van der Waals surface area contributed by atoms with Crippen molar-refractivity contribution >= 4 is 0 Å². The summed E-state index contributed by atoms with van der Waals surface area (Å²) in [6.45, 7) is 7.32. The van der Waals surface area contributed by atoms with E-state index in [4.69, 9.17) is 5.10 Å². The molecule has 0 amide bonds. The lowest BCUT2D eigenvalue weighted by Gasteiger charge is -2.08. The fourth-order valence-electron chi connectivity index (χ4n) is 3.75. The monoisotopic (exact) mass is 390 g/mol. The normalized spacial score (nSPS) is 11.1. The number of aromatic hydroxyl groups is 1. The van der Waals surface area contributed by atoms with Crippen LogP contribution in [-0.4, -0.2) is 14.9 Å². The average molecular weight is 391 g/mol. The molecule has 3 heteroatoms. The molecule has 0 aliphatic rings. The minimum absolute atomic E-state index is 0.377. The minimum Gasteiger partial charge on any atom is -0.508 e. The Balaban J connectivity index is 1.70. The molecule has 0 spiro atoms. The van der Waals surface area contributed by atoms with Crippen LogP contribution in [0.4, 0.5) is 0 Å². The number of benzene rings is 2. The lowest BCUT2D eigenvalue weighted by Crippen LogP contribution is -2.06. The van der Waals surface area contributed by atoms with Crippen molar-refractivity contribution in [2.24, 2.45) is 0 Å². The molecular weight excluding hydrogens is 356 g/mol. The molecule has 2 aromatic carbocycles. The maximum atomic E-state index is 9.72. The van der Waals surface area contributed by atoms with Crippen molar-refractivity contribution in [2.45, 2.75) is 72.3 Å². The fourth-order valence-corrected chi connectivity index (χ4v) is 3.75. The van der Waals surface area contributed by atoms with Gasteiger partial charge < -0.3 is 5.11 Å². The van der Waals surface area contributed by atoms with E-state index in [2.05, 4.69) is 54.9 Å². The molecule has 154 valence electrons. The summed E-state index contributed by atoms with van der Waals surface area (Å²) in [6, 6.07) is 16.8. The first-order valence-corrected chi connectivity index (χ1v) is 11.0. The van der Waals surface area contributed by atoms with E-state index in [1.54, 1.807) is 6.07 Å². The van der Waals surface area contributed by atoms with E-state index in [9.17, 15) is 5.11 Å². The highest BCUT2D eigenvalue weighted by Crippen LogP contribution is 2.22. The van der Waals surface area contributed by atoms with Crippen molar-refractivity contribution in [3.63, 3.8) is 0 Å². The largest absolute Gasteiger partial charge is 0.508 e. The maximum Gasteiger partial charge on any atom is 0.118 e. The lowest BCUT2D eigenvalue weighted by molar-refractivity contribution is 0.471. The van der Waals surface area contributed by atoms with E-state index >= 15 is 0 Å². The molecule has 0 atom stereocenters. The van der Waals surface area contributed by atoms with Gasteiger partial charge in [-0.1, -0.05) is 68.1 Å². The standard InChI is InChI=1S/C26H34N2O/c1-4-5-6-7-17-28-24(10-8-9-22-13-16-26(29)21(3)18-22)19-25(27-28)23-14-11-20(2)12-15-23/h11-16,18-19,29H,4-10,17H2,1-3H3. The molecule has 0 aliphatic carbocycles. The van der Waals surface area contributed by atoms with Crippen LogP contribution in [0.3, 0.4) is 0 Å². The smallest absolute Gasteiger partial charge is 0.118 e. The summed E-state index contributed by atoms with van der Waals surface area (Å²) in [5, 5.41) is 14.7. The second-order valence-electron chi connectivity index (χ2n) is 8.15. The van der Waals surface area contributed by atoms with Gasteiger partial charge in [0.05, 0.1) is 5.69 Å². The van der Waals surface area contributed by atoms with Crippen LogP contribution in [0.25, 0.3) is 11.3 Å². The second kappa shape index (κ2) is 10.3. The van der Waals surface area contributed by atoms with E-state index in [-0.39, 0.29) is 0 Å². The first-order valence-electron chi connectivity index (χ1n) is 11.0. The fraction of sp³-hybridized carbons (Fsp3) is 0.423. The van der Waals surface area contributed by atoms with Gasteiger partial charge in [0.2, 0.25) is 0 Å². The molecule has 1 N–H and O–H groups in total. The molecule has 0 bridgehead atoms. The quantitative estimate of drug-likeness (QED) is 0.395. The van der Waals surface area contributed by atoms with Gasteiger partial charge >= 0.3 is 0 Å². The lowest BCUT2D eigenvalue weighted by atomic mass is 10.0. The van der Waals surface area contributed by atoms with Crippen LogP contribution in [-0.2, 0) is 19.4 Å². The summed E-state index contributed by atoms with van der Waals surface area (Å²) in [5.74, 6) is 0.377. The number of hydrogen-bond donors (Lipinski definition) is 1. The van der Waals surface area contributed by atoms with E-state index in [0.29, 0.717) is 5.75 Å². The Morgan fingerprint density at radius 3 is 2.38 bits per heavy atom. The van der Waals surface area contributed by atoms with Gasteiger partial charge in [0, 0.05) is 17.8 Å². The van der Waals surface area contributed by atoms with Gasteiger partial charge in [0.15, 0.2) is 0 Å². The number of phenols is 1. The van der Waals surface area contributed by atoms with Crippen LogP contribution in [0.1, 0.15) is 61.4 Å². The van der Waals surface area contributed by atoms with Gasteiger partial charge in [-0.25, -0.2) is 0 Å². The third-order valence-electron chi connectivity index (χ3n) is 5.59. The van der Waals surface area contributed by atoms with Crippen molar-refractivity contribution in [2.75, 3.05) is 0 Å². The summed E-state index contributed by atoms with van der Waals surface area (Å²) in [5.41, 5.74) is 7.11. The Hall–Kier alpha value is -2.55. The van der Waals surface area contributed by atoms with Crippen LogP contribution in [0.5, 0.6) is 5.75 Å². The maximum absolute atomic E-state index is 9.72. The number of rotatable bonds is 10. The average Bonchev–Trinajstić information content (AvgIpc) is 3.11. The van der Waals surface area contributed by atoms with Crippen LogP contribution in [0.15, 0.2) is 48.5 Å². The highest BCUT2D eigenvalue weighted by atomic mass is 16.3. The van der Waals surface area contributed by atoms with Crippen molar-refractivity contribution in [1.29, 1.82) is 0 Å². The molecule has 3 rings (SSSR count). The van der Waals surface area contributed by atoms with E-state index in [1.807, 2.05) is 13.0 Å². The highest BCUT2D eigenvalue weighted by molar-refractivity contribution is 5.59. The van der Waals surface area contributed by atoms with E-state index < -0.39 is 0 Å². The molecule has 0 radical (unpaired) electrons. The number of phenolic OH excluding ortho intramolecular Hbond substituents is 1. The molecule has 3 aromatic rings. The molecule has 0 saturated carbocycles. The number of unbranched alkanes of at least 4 members (excludes halogenated alkanes) is 3. The first-order chi connectivity index (χ1) is 14.1. The Morgan fingerprint density at radius 2 is 1.66 bits per heavy atom. The van der Waals surface area contributed by atoms with E-state index in [1.165, 1.54) is 48.1 Å². The minimum atomic E-state index is 0.377. The van der Waals surface area contributed by atoms with Gasteiger partial charge in [-0.05, 0) is 62.8 Å². The number of nitrogens with zero attached hydrogens (tertiary/aromatic N) is 2. The summed E-state index contributed by atoms with van der Waals surface area (Å²) in [7, 11) is 0. The zero-order valence-electron chi connectivity index (χ0n) is 18.1. The zero-order chi connectivity index (χ0) is 20.6. The van der Waals surface area contributed by atoms with Crippen LogP contribution in [0, 0.1) is 13.8 Å². The molecule has 0 unspecified atom stereocenters. The number of aryl methyl sites for hydroxylation is 5. The molecular formula is C26H34N2O. The molecule has 0 aliphatic heterocycles. The Labute approximate surface area is 175 Å². The summed E-state index contributed by atoms with van der Waals surface area (Å²) in [6.07, 6.45) is 8.12. The summed E-state index contributed by atoms with van der Waals surface area (Å²) in [4.78, 5) is 0. The topological polar surface area (TPSA) is 38.0 Å². The predicted octanol–water partition coefficient (Wildman–Crippen LogP) is 6.63. The summed E-state index contributed by atoms with van der Waals surface area (Å²) >= 11 is 0. The predicted molar refractivity (Wildman–Crippen MR) is 121 cm³/mol. The Morgan fingerprint density at radius 1 is 0.862 bits per heavy atom. The SMILES string of the molecule is CCCCCCn1nc(-c2ccc(C)cc2)cc1CCCc1ccc(O)c(C)c1. The highest BCUT2D eigenvalue weighted by Gasteiger charge is 2.10. The molecule has 3 nitrogen and oxygen atoms in total. The van der Waals surface area contributed by atoms with Crippen molar-refractivity contribution in [3.8, 4) is 17.0 Å². The second-order valence-corrected chi connectivity index (χ2v) is 8.15. The molecule has 29 heavy (non-hydrogen) atoms. The first kappa shape index (κ1) is 21.2. The van der Waals surface area contributed by atoms with Crippen molar-refractivity contribution in [3.05, 3.63) is 70.9 Å². The third kappa shape index (κ3) is 5.96. The van der Waals surface area contributed by atoms with Gasteiger partial charge in [-0.2, -0.15) is 5.10 Å². The van der Waals surface area contributed by atoms with Crippen molar-refractivity contribution < 1.29 is 5.11 Å². The Kier molecular flexibility index (Phi) is 7.51. The van der Waals surface area contributed by atoms with Crippen LogP contribution < -0.4 is 0 Å².